The van der Waals surface area contributed by atoms with Crippen molar-refractivity contribution in [2.45, 2.75) is 50.5 Å². The lowest BCUT2D eigenvalue weighted by Gasteiger charge is -2.57. The normalized spacial score (nSPS) is 26.4. The largest absolute Gasteiger partial charge is 0.493 e. The molecule has 1 saturated heterocycles. The number of methoxy groups -OCH3 is 1. The molecule has 1 heterocycles. The molecule has 0 atom stereocenters. The summed E-state index contributed by atoms with van der Waals surface area (Å²) in [6.07, 6.45) is 9.10. The fraction of sp³-hybridized carbons (Fsp3) is 0.343. The molecule has 4 bridgehead atoms. The van der Waals surface area contributed by atoms with Gasteiger partial charge in [-0.25, -0.2) is 9.69 Å². The minimum Gasteiger partial charge on any atom is -0.493 e. The number of hydrogen-bond donors (Lipinski definition) is 1. The maximum atomic E-state index is 13.6. The van der Waals surface area contributed by atoms with Crippen LogP contribution < -0.4 is 19.7 Å². The Balaban J connectivity index is 1.13. The first-order valence-corrected chi connectivity index (χ1v) is 16.2. The van der Waals surface area contributed by atoms with Gasteiger partial charge in [0.25, 0.3) is 11.8 Å². The molecular weight excluding hydrogens is 635 g/mol. The molecule has 232 valence electrons. The number of rotatable bonds is 7. The Kier molecular flexibility index (Phi) is 7.83. The van der Waals surface area contributed by atoms with Crippen LogP contribution in [0.25, 0.3) is 6.08 Å². The van der Waals surface area contributed by atoms with Gasteiger partial charge >= 0.3 is 6.03 Å². The number of nitrogens with one attached hydrogen (secondary N) is 1. The summed E-state index contributed by atoms with van der Waals surface area (Å²) in [6.45, 7) is 0.103. The molecule has 3 aromatic rings. The smallest absolute Gasteiger partial charge is 0.335 e. The minimum atomic E-state index is -0.792. The Morgan fingerprint density at radius 3 is 2.18 bits per heavy atom. The standard InChI is InChI=1S/C35H31Cl3N2O5/c1-44-30-13-19(12-29(38)31(30)45-18-23-2-5-25(36)14-28(23)37)11-27-32(41)39-34(43)40(33(27)42)26-6-3-24(4-7-26)35-15-20-8-21(16-35)10-22(9-20)17-35/h2-7,11-14,20-22H,8-10,15-18H2,1H3,(H,39,41,43)/b27-11+. The van der Waals surface area contributed by atoms with E-state index in [9.17, 15) is 14.4 Å². The van der Waals surface area contributed by atoms with Crippen LogP contribution in [0.4, 0.5) is 10.5 Å². The summed E-state index contributed by atoms with van der Waals surface area (Å²) in [5, 5.41) is 3.45. The number of urea groups is 1. The van der Waals surface area contributed by atoms with Crippen LogP contribution in [0.5, 0.6) is 11.5 Å². The Morgan fingerprint density at radius 1 is 0.889 bits per heavy atom. The van der Waals surface area contributed by atoms with Gasteiger partial charge in [-0.15, -0.1) is 0 Å². The molecule has 5 aliphatic rings. The average Bonchev–Trinajstić information content (AvgIpc) is 2.99. The maximum Gasteiger partial charge on any atom is 0.335 e. The van der Waals surface area contributed by atoms with E-state index in [4.69, 9.17) is 44.3 Å². The second-order valence-corrected chi connectivity index (χ2v) is 14.0. The average molecular weight is 666 g/mol. The second kappa shape index (κ2) is 11.7. The van der Waals surface area contributed by atoms with Crippen molar-refractivity contribution >= 4 is 64.4 Å². The van der Waals surface area contributed by atoms with Crippen LogP contribution in [0.1, 0.15) is 55.2 Å². The molecule has 45 heavy (non-hydrogen) atoms. The Hall–Kier alpha value is -3.52. The highest BCUT2D eigenvalue weighted by Gasteiger charge is 2.51. The minimum absolute atomic E-state index is 0.103. The van der Waals surface area contributed by atoms with E-state index in [1.165, 1.54) is 57.3 Å². The van der Waals surface area contributed by atoms with Gasteiger partial charge < -0.3 is 9.47 Å². The van der Waals surface area contributed by atoms with Crippen molar-refractivity contribution in [1.82, 2.24) is 5.32 Å². The van der Waals surface area contributed by atoms with Crippen molar-refractivity contribution in [2.24, 2.45) is 17.8 Å². The number of carbonyl (C=O) groups is 3. The van der Waals surface area contributed by atoms with E-state index in [0.29, 0.717) is 26.9 Å². The highest BCUT2D eigenvalue weighted by Crippen LogP contribution is 2.60. The number of barbiturate groups is 1. The molecule has 8 rings (SSSR count). The van der Waals surface area contributed by atoms with Gasteiger partial charge in [0.1, 0.15) is 12.2 Å². The van der Waals surface area contributed by atoms with Gasteiger partial charge in [0, 0.05) is 15.6 Å². The van der Waals surface area contributed by atoms with Crippen LogP contribution in [-0.4, -0.2) is 25.0 Å². The molecule has 4 saturated carbocycles. The quantitative estimate of drug-likeness (QED) is 0.203. The van der Waals surface area contributed by atoms with Crippen molar-refractivity contribution in [2.75, 3.05) is 12.0 Å². The Bertz CT molecular complexity index is 1720. The zero-order valence-electron chi connectivity index (χ0n) is 24.6. The summed E-state index contributed by atoms with van der Waals surface area (Å²) in [7, 11) is 1.46. The lowest BCUT2D eigenvalue weighted by molar-refractivity contribution is -0.122. The highest BCUT2D eigenvalue weighted by molar-refractivity contribution is 6.39. The number of anilines is 1. The van der Waals surface area contributed by atoms with E-state index < -0.39 is 17.8 Å². The molecule has 4 aliphatic carbocycles. The number of halogens is 3. The van der Waals surface area contributed by atoms with Crippen molar-refractivity contribution < 1.29 is 23.9 Å². The van der Waals surface area contributed by atoms with Crippen molar-refractivity contribution in [1.29, 1.82) is 0 Å². The van der Waals surface area contributed by atoms with Crippen LogP contribution >= 0.6 is 34.8 Å². The van der Waals surface area contributed by atoms with Crippen LogP contribution in [0.2, 0.25) is 15.1 Å². The van der Waals surface area contributed by atoms with Gasteiger partial charge in [0.2, 0.25) is 0 Å². The first-order valence-electron chi connectivity index (χ1n) is 15.1. The monoisotopic (exact) mass is 664 g/mol. The zero-order chi connectivity index (χ0) is 31.5. The topological polar surface area (TPSA) is 84.9 Å². The fourth-order valence-corrected chi connectivity index (χ4v) is 8.98. The molecular formula is C35H31Cl3N2O5. The highest BCUT2D eigenvalue weighted by atomic mass is 35.5. The van der Waals surface area contributed by atoms with Crippen molar-refractivity contribution in [3.8, 4) is 11.5 Å². The van der Waals surface area contributed by atoms with Crippen molar-refractivity contribution in [3.05, 3.63) is 91.9 Å². The Labute approximate surface area is 276 Å². The number of hydrogen-bond acceptors (Lipinski definition) is 5. The summed E-state index contributed by atoms with van der Waals surface area (Å²) in [6, 6.07) is 15.2. The third-order valence-corrected chi connectivity index (χ3v) is 10.7. The van der Waals surface area contributed by atoms with Gasteiger partial charge in [-0.3, -0.25) is 14.9 Å². The molecule has 4 amide bonds. The Morgan fingerprint density at radius 2 is 1.56 bits per heavy atom. The van der Waals surface area contributed by atoms with Gasteiger partial charge in [-0.05, 0) is 115 Å². The predicted octanol–water partition coefficient (Wildman–Crippen LogP) is 8.37. The van der Waals surface area contributed by atoms with Gasteiger partial charge in [0.05, 0.1) is 17.8 Å². The molecule has 5 fully saturated rings. The summed E-state index contributed by atoms with van der Waals surface area (Å²) in [5.41, 5.74) is 2.79. The fourth-order valence-electron chi connectivity index (χ4n) is 8.24. The number of benzene rings is 3. The summed E-state index contributed by atoms with van der Waals surface area (Å²) < 4.78 is 11.4. The maximum absolute atomic E-state index is 13.6. The molecule has 0 unspecified atom stereocenters. The molecule has 10 heteroatoms. The number of imide groups is 2. The SMILES string of the molecule is COc1cc(/C=C2\C(=O)NC(=O)N(c3ccc(C45CC6CC(CC(C6)C4)C5)cc3)C2=O)cc(Cl)c1OCc1ccc(Cl)cc1Cl. The van der Waals surface area contributed by atoms with Crippen LogP contribution in [0, 0.1) is 17.8 Å². The van der Waals surface area contributed by atoms with E-state index in [2.05, 4.69) is 17.4 Å². The van der Waals surface area contributed by atoms with Crippen LogP contribution in [0.15, 0.2) is 60.2 Å². The van der Waals surface area contributed by atoms with E-state index in [1.54, 1.807) is 30.3 Å². The van der Waals surface area contributed by atoms with Crippen LogP contribution in [0.3, 0.4) is 0 Å². The molecule has 1 aliphatic heterocycles. The van der Waals surface area contributed by atoms with Gasteiger partial charge in [-0.2, -0.15) is 0 Å². The predicted molar refractivity (Wildman–Crippen MR) is 174 cm³/mol. The van der Waals surface area contributed by atoms with Gasteiger partial charge in [-0.1, -0.05) is 53.0 Å². The third kappa shape index (κ3) is 5.60. The van der Waals surface area contributed by atoms with Crippen LogP contribution in [-0.2, 0) is 21.6 Å². The lowest BCUT2D eigenvalue weighted by Crippen LogP contribution is -2.54. The zero-order valence-corrected chi connectivity index (χ0v) is 26.8. The molecule has 7 nitrogen and oxygen atoms in total. The number of ether oxygens (including phenoxy) is 2. The van der Waals surface area contributed by atoms with Crippen molar-refractivity contribution in [3.63, 3.8) is 0 Å². The molecule has 1 N–H and O–H groups in total. The van der Waals surface area contributed by atoms with E-state index in [-0.39, 0.29) is 34.1 Å². The lowest BCUT2D eigenvalue weighted by atomic mass is 9.48. The summed E-state index contributed by atoms with van der Waals surface area (Å²) in [4.78, 5) is 40.4. The van der Waals surface area contributed by atoms with E-state index in [0.717, 1.165) is 22.7 Å². The summed E-state index contributed by atoms with van der Waals surface area (Å²) >= 11 is 18.8. The first kappa shape index (κ1) is 30.2. The molecule has 0 spiro atoms. The number of amides is 4. The summed E-state index contributed by atoms with van der Waals surface area (Å²) in [5.74, 6) is 1.45. The molecule has 0 radical (unpaired) electrons. The van der Waals surface area contributed by atoms with E-state index >= 15 is 0 Å². The third-order valence-electron chi connectivity index (χ3n) is 9.83. The van der Waals surface area contributed by atoms with Gasteiger partial charge in [0.15, 0.2) is 11.5 Å². The molecule has 3 aromatic carbocycles. The second-order valence-electron chi connectivity index (χ2n) is 12.8. The molecule has 0 aromatic heterocycles. The first-order chi connectivity index (χ1) is 21.6. The number of carbonyl (C=O) groups excluding carboxylic acids is 3. The van der Waals surface area contributed by atoms with E-state index in [1.807, 2.05) is 12.1 Å². The number of nitrogens with zero attached hydrogens (tertiary/aromatic N) is 1.